The lowest BCUT2D eigenvalue weighted by atomic mass is 9.45. The first kappa shape index (κ1) is 64.3. The van der Waals surface area contributed by atoms with Crippen molar-refractivity contribution in [3.8, 4) is 0 Å². The number of ketones is 1. The molecule has 0 aromatic rings. The van der Waals surface area contributed by atoms with Crippen LogP contribution in [0.15, 0.2) is 23.3 Å². The smallest absolute Gasteiger partial charge is 0.333 e. The molecule has 5 saturated heterocycles. The predicted octanol–water partition coefficient (Wildman–Crippen LogP) is 4.08. The summed E-state index contributed by atoms with van der Waals surface area (Å²) in [6.45, 7) is 16.4. The number of carbonyl (C=O) groups is 2. The van der Waals surface area contributed by atoms with Crippen molar-refractivity contribution in [2.24, 2.45) is 28.6 Å². The zero-order chi connectivity index (χ0) is 59.3. The van der Waals surface area contributed by atoms with Crippen molar-refractivity contribution in [3.05, 3.63) is 23.3 Å². The van der Waals surface area contributed by atoms with Crippen molar-refractivity contribution in [1.29, 1.82) is 0 Å². The second-order valence-corrected chi connectivity index (χ2v) is 25.3. The molecular formula is C60H96O22. The molecular weight excluding hydrogens is 1070 g/mol. The number of aliphatic hydroxyl groups excluding tert-OH is 4. The lowest BCUT2D eigenvalue weighted by Gasteiger charge is -2.63. The molecule has 0 aromatic carbocycles. The van der Waals surface area contributed by atoms with Gasteiger partial charge in [-0.25, -0.2) is 4.79 Å². The Kier molecular flexibility index (Phi) is 20.6. The summed E-state index contributed by atoms with van der Waals surface area (Å²) in [5.74, 6) is -0.795. The number of methoxy groups -OCH3 is 4. The minimum Gasteiger partial charge on any atom is -0.458 e. The summed E-state index contributed by atoms with van der Waals surface area (Å²) in [7, 11) is 6.43. The fraction of sp³-hybridized carbons (Fsp3) is 0.900. The third-order valence-electron chi connectivity index (χ3n) is 20.9. The molecule has 4 aliphatic carbocycles. The Bertz CT molecular complexity index is 2230. The number of allylic oxidation sites excluding steroid dienone is 2. The number of rotatable bonds is 18. The minimum absolute atomic E-state index is 0.0308. The van der Waals surface area contributed by atoms with E-state index in [1.165, 1.54) is 12.7 Å². The van der Waals surface area contributed by atoms with Crippen LogP contribution in [0.5, 0.6) is 0 Å². The molecule has 9 aliphatic rings. The van der Waals surface area contributed by atoms with Crippen molar-refractivity contribution in [1.82, 2.24) is 0 Å². The zero-order valence-electron chi connectivity index (χ0n) is 50.3. The molecule has 3 saturated carbocycles. The van der Waals surface area contributed by atoms with Gasteiger partial charge in [0.1, 0.15) is 60.7 Å². The van der Waals surface area contributed by atoms with Crippen molar-refractivity contribution in [2.75, 3.05) is 35.0 Å². The molecule has 8 fully saturated rings. The van der Waals surface area contributed by atoms with Crippen LogP contribution >= 0.6 is 0 Å². The lowest BCUT2D eigenvalue weighted by molar-refractivity contribution is -0.358. The third kappa shape index (κ3) is 12.2. The summed E-state index contributed by atoms with van der Waals surface area (Å²) in [5.41, 5.74) is -0.516. The summed E-state index contributed by atoms with van der Waals surface area (Å²) in [6.07, 6.45) is -6.79. The van der Waals surface area contributed by atoms with Gasteiger partial charge in [0.25, 0.3) is 0 Å². The number of Topliss-reactive ketones (excluding diaryl/α,β-unsaturated/α-hetero) is 1. The molecule has 5 heterocycles. The fourth-order valence-corrected chi connectivity index (χ4v) is 16.0. The maximum atomic E-state index is 13.4. The van der Waals surface area contributed by atoms with Crippen LogP contribution in [-0.2, 0) is 80.6 Å². The van der Waals surface area contributed by atoms with E-state index in [2.05, 4.69) is 13.0 Å². The molecule has 0 bridgehead atoms. The van der Waals surface area contributed by atoms with E-state index in [-0.39, 0.29) is 41.7 Å². The number of esters is 1. The first-order valence-corrected chi connectivity index (χ1v) is 30.0. The summed E-state index contributed by atoms with van der Waals surface area (Å²) in [4.78, 5) is 26.6. The fourth-order valence-electron chi connectivity index (χ4n) is 16.0. The third-order valence-corrected chi connectivity index (χ3v) is 20.9. The molecule has 82 heavy (non-hydrogen) atoms. The molecule has 9 rings (SSSR count). The summed E-state index contributed by atoms with van der Waals surface area (Å²) in [5, 5.41) is 53.8. The Morgan fingerprint density at radius 1 is 0.634 bits per heavy atom. The van der Waals surface area contributed by atoms with Crippen molar-refractivity contribution >= 4 is 11.8 Å². The molecule has 5 aliphatic heterocycles. The quantitative estimate of drug-likeness (QED) is 0.0735. The minimum atomic E-state index is -1.60. The van der Waals surface area contributed by atoms with Gasteiger partial charge in [0, 0.05) is 71.0 Å². The molecule has 22 heteroatoms. The average molecular weight is 1170 g/mol. The number of hydrogen-bond acceptors (Lipinski definition) is 22. The number of fused-ring (bicyclic) bond motifs is 5. The molecule has 0 spiro atoms. The van der Waals surface area contributed by atoms with E-state index in [1.807, 2.05) is 34.6 Å². The predicted molar refractivity (Wildman–Crippen MR) is 289 cm³/mol. The topological polar surface area (TPSA) is 274 Å². The standard InChI is InChI=1S/C60H96O22/c1-14-28(2)56(66)78-44-22-38-37(60(67)20-18-36(29(3)62)59(44,60)9)16-15-34-21-35(17-19-58(34,38)8)76-45-23-39(68-10)52(30(4)72-45)79-46-24-40(69-11)53(31(5)73-46)80-47-25-41(70-12)54(32(6)74-47)81-48-26-42(71-13)55(33(7)75-48)82-57-51(65)50(64)49(63)43(27-61)77-57/h14-15,30-33,35-55,57,61,63-65,67H,16-27H2,1-13H3/b28-14+/t30-,31-,32-,33-,35+,36-,37-,38+,39+,40+,41+,42-,43-,44-,45+,46+,47+,48+,49-,50+,51-,52-,53-,54-,55-,57+,58+,59+,60+/m1/s1. The van der Waals surface area contributed by atoms with Crippen LogP contribution in [0.4, 0.5) is 0 Å². The number of ether oxygens (including phenoxy) is 15. The van der Waals surface area contributed by atoms with Gasteiger partial charge in [-0.1, -0.05) is 31.6 Å². The van der Waals surface area contributed by atoms with Gasteiger partial charge in [-0.2, -0.15) is 0 Å². The SMILES string of the molecule is C/C=C(\C)C(=O)O[C@@H]1C[C@H]2[C@@H](CC=C3C[C@@H](O[C@H]4C[C@H](OC)[C@H](O[C@H]5C[C@H](OC)[C@H](O[C@H]6C[C@H](OC)[C@H](O[C@H]7C[C@@H](OC)[C@H](O[C@@H]8O[C@H](CO)[C@@H](O)[C@H](O)[C@H]8O)[C@@H](C)O7)[C@@H](C)O6)[C@@H](C)O5)[C@@H](C)O4)CC[C@@]32C)[C@@]2(O)CC[C@H](C(C)=O)[C@@]12C. The highest BCUT2D eigenvalue weighted by Gasteiger charge is 2.71. The Labute approximate surface area is 483 Å². The van der Waals surface area contributed by atoms with Crippen molar-refractivity contribution in [3.63, 3.8) is 0 Å². The highest BCUT2D eigenvalue weighted by Crippen LogP contribution is 2.69. The maximum Gasteiger partial charge on any atom is 0.333 e. The van der Waals surface area contributed by atoms with Crippen molar-refractivity contribution < 1.29 is 106 Å². The maximum absolute atomic E-state index is 13.4. The summed E-state index contributed by atoms with van der Waals surface area (Å²) < 4.78 is 94.6. The average Bonchev–Trinajstić information content (AvgIpc) is 1.46. The normalized spacial score (nSPS) is 49.9. The highest BCUT2D eigenvalue weighted by molar-refractivity contribution is 5.88. The van der Waals surface area contributed by atoms with E-state index in [4.69, 9.17) is 71.1 Å². The Morgan fingerprint density at radius 3 is 1.56 bits per heavy atom. The monoisotopic (exact) mass is 1170 g/mol. The van der Waals surface area contributed by atoms with Gasteiger partial charge in [0.15, 0.2) is 31.5 Å². The van der Waals surface area contributed by atoms with Gasteiger partial charge in [-0.3, -0.25) is 4.79 Å². The molecule has 5 N–H and O–H groups in total. The Balaban J connectivity index is 0.764. The van der Waals surface area contributed by atoms with Gasteiger partial charge in [0.05, 0.1) is 67.1 Å². The molecule has 22 nitrogen and oxygen atoms in total. The van der Waals surface area contributed by atoms with E-state index in [9.17, 15) is 35.1 Å². The van der Waals surface area contributed by atoms with Gasteiger partial charge in [-0.05, 0) is 111 Å². The van der Waals surface area contributed by atoms with Crippen LogP contribution < -0.4 is 0 Å². The molecule has 0 amide bonds. The van der Waals surface area contributed by atoms with Crippen molar-refractivity contribution in [2.45, 2.75) is 280 Å². The largest absolute Gasteiger partial charge is 0.458 e. The number of hydrogen-bond donors (Lipinski definition) is 5. The molecule has 0 unspecified atom stereocenters. The Hall–Kier alpha value is -2.14. The summed E-state index contributed by atoms with van der Waals surface area (Å²) in [6, 6.07) is 0. The van der Waals surface area contributed by atoms with Crippen LogP contribution in [0.3, 0.4) is 0 Å². The van der Waals surface area contributed by atoms with E-state index in [1.54, 1.807) is 48.2 Å². The molecule has 0 aromatic heterocycles. The lowest BCUT2D eigenvalue weighted by Crippen LogP contribution is -2.66. The van der Waals surface area contributed by atoms with Crippen LogP contribution in [-0.4, -0.2) is 219 Å². The van der Waals surface area contributed by atoms with Gasteiger partial charge in [0.2, 0.25) is 0 Å². The first-order chi connectivity index (χ1) is 39.0. The number of aliphatic hydroxyl groups is 5. The molecule has 468 valence electrons. The van der Waals surface area contributed by atoms with Crippen LogP contribution in [0.2, 0.25) is 0 Å². The zero-order valence-corrected chi connectivity index (χ0v) is 50.3. The first-order valence-electron chi connectivity index (χ1n) is 30.0. The van der Waals surface area contributed by atoms with Gasteiger partial charge in [-0.15, -0.1) is 0 Å². The van der Waals surface area contributed by atoms with E-state index < -0.39 is 159 Å². The Morgan fingerprint density at radius 2 is 1.11 bits per heavy atom. The van der Waals surface area contributed by atoms with Crippen LogP contribution in [0, 0.1) is 28.6 Å². The molecule has 0 radical (unpaired) electrons. The van der Waals surface area contributed by atoms with Gasteiger partial charge >= 0.3 is 5.97 Å². The van der Waals surface area contributed by atoms with Crippen LogP contribution in [0.1, 0.15) is 133 Å². The van der Waals surface area contributed by atoms with Crippen LogP contribution in [0.25, 0.3) is 0 Å². The van der Waals surface area contributed by atoms with E-state index in [0.717, 1.165) is 12.8 Å². The van der Waals surface area contributed by atoms with Gasteiger partial charge < -0.3 is 96.6 Å². The van der Waals surface area contributed by atoms with E-state index in [0.29, 0.717) is 56.9 Å². The number of carbonyl (C=O) groups excluding carboxylic acids is 2. The summed E-state index contributed by atoms with van der Waals surface area (Å²) >= 11 is 0. The highest BCUT2D eigenvalue weighted by atomic mass is 16.8. The second-order valence-electron chi connectivity index (χ2n) is 25.3. The molecule has 29 atom stereocenters. The van der Waals surface area contributed by atoms with E-state index >= 15 is 0 Å². The second kappa shape index (κ2) is 26.3.